The van der Waals surface area contributed by atoms with Crippen LogP contribution in [0.4, 0.5) is 0 Å². The molecule has 27 heavy (non-hydrogen) atoms. The van der Waals surface area contributed by atoms with Crippen molar-refractivity contribution in [3.63, 3.8) is 0 Å². The van der Waals surface area contributed by atoms with Crippen LogP contribution in [0.2, 0.25) is 0 Å². The zero-order valence-electron chi connectivity index (χ0n) is 15.9. The third-order valence-corrected chi connectivity index (χ3v) is 6.52. The molecule has 2 aromatic rings. The lowest BCUT2D eigenvalue weighted by Crippen LogP contribution is -2.55. The fourth-order valence-corrected chi connectivity index (χ4v) is 5.05. The Morgan fingerprint density at radius 1 is 0.630 bits per heavy atom. The summed E-state index contributed by atoms with van der Waals surface area (Å²) in [5, 5.41) is 22.3. The minimum atomic E-state index is -0.770. The van der Waals surface area contributed by atoms with Crippen LogP contribution in [0.5, 0.6) is 0 Å². The van der Waals surface area contributed by atoms with Crippen LogP contribution in [-0.4, -0.2) is 22.4 Å². The molecular weight excluding hydrogens is 336 g/mol. The second-order valence-electron chi connectivity index (χ2n) is 8.14. The van der Waals surface area contributed by atoms with Gasteiger partial charge in [0.25, 0.3) is 0 Å². The first-order chi connectivity index (χ1) is 13.2. The number of aliphatic hydroxyl groups is 2. The monoisotopic (exact) mass is 366 g/mol. The number of benzene rings is 2. The van der Waals surface area contributed by atoms with Gasteiger partial charge in [-0.2, -0.15) is 0 Å². The normalized spacial score (nSPS) is 34.3. The average molecular weight is 367 g/mol. The summed E-state index contributed by atoms with van der Waals surface area (Å²) >= 11 is 0. The molecule has 3 nitrogen and oxygen atoms in total. The van der Waals surface area contributed by atoms with E-state index in [1.807, 2.05) is 36.4 Å². The molecule has 4 rings (SSSR count). The van der Waals surface area contributed by atoms with Crippen molar-refractivity contribution in [2.75, 3.05) is 0 Å². The van der Waals surface area contributed by atoms with Crippen LogP contribution in [-0.2, 0) is 15.9 Å². The minimum Gasteiger partial charge on any atom is -0.390 e. The van der Waals surface area contributed by atoms with Gasteiger partial charge in [0.2, 0.25) is 0 Å². The first-order valence-corrected chi connectivity index (χ1v) is 10.3. The van der Waals surface area contributed by atoms with E-state index in [0.717, 1.165) is 62.5 Å². The van der Waals surface area contributed by atoms with Crippen molar-refractivity contribution < 1.29 is 14.9 Å². The van der Waals surface area contributed by atoms with Gasteiger partial charge in [0.05, 0.1) is 12.2 Å². The van der Waals surface area contributed by atoms with Crippen molar-refractivity contribution in [2.24, 2.45) is 0 Å². The largest absolute Gasteiger partial charge is 0.390 e. The summed E-state index contributed by atoms with van der Waals surface area (Å²) in [7, 11) is 0. The topological polar surface area (TPSA) is 49.7 Å². The minimum absolute atomic E-state index is 0.566. The second kappa shape index (κ2) is 7.75. The third kappa shape index (κ3) is 3.33. The molecule has 3 heteroatoms. The Morgan fingerprint density at radius 2 is 1.04 bits per heavy atom. The Morgan fingerprint density at radius 3 is 1.41 bits per heavy atom. The standard InChI is InChI=1S/C24H30O3/c25-21-15-7-9-17-23(21,19-11-3-1-4-12-19)27-24(18-10-8-16-22(24)26)20-13-5-2-6-14-20/h1-6,11-14,21-22,25-26H,7-10,15-18H2. The summed E-state index contributed by atoms with van der Waals surface area (Å²) in [5.74, 6) is 0. The quantitative estimate of drug-likeness (QED) is 0.827. The van der Waals surface area contributed by atoms with Crippen LogP contribution in [0, 0.1) is 0 Å². The van der Waals surface area contributed by atoms with E-state index in [9.17, 15) is 10.2 Å². The lowest BCUT2D eigenvalue weighted by atomic mass is 9.73. The summed E-state index contributed by atoms with van der Waals surface area (Å²) in [6.07, 6.45) is 5.96. The van der Waals surface area contributed by atoms with Crippen LogP contribution in [0.25, 0.3) is 0 Å². The molecule has 2 saturated carbocycles. The van der Waals surface area contributed by atoms with Gasteiger partial charge in [-0.3, -0.25) is 0 Å². The molecule has 0 radical (unpaired) electrons. The first kappa shape index (κ1) is 18.7. The van der Waals surface area contributed by atoms with Gasteiger partial charge in [0.15, 0.2) is 0 Å². The molecule has 0 aromatic heterocycles. The molecule has 0 saturated heterocycles. The second-order valence-corrected chi connectivity index (χ2v) is 8.14. The summed E-state index contributed by atoms with van der Waals surface area (Å²) in [4.78, 5) is 0. The Labute approximate surface area is 162 Å². The maximum absolute atomic E-state index is 11.1. The van der Waals surface area contributed by atoms with E-state index in [1.165, 1.54) is 0 Å². The van der Waals surface area contributed by atoms with Crippen LogP contribution < -0.4 is 0 Å². The van der Waals surface area contributed by atoms with Crippen LogP contribution in [0.1, 0.15) is 62.5 Å². The van der Waals surface area contributed by atoms with Gasteiger partial charge in [-0.05, 0) is 36.8 Å². The van der Waals surface area contributed by atoms with Crippen molar-refractivity contribution >= 4 is 0 Å². The summed E-state index contributed by atoms with van der Waals surface area (Å²) in [5.41, 5.74) is 0.497. The molecule has 2 N–H and O–H groups in total. The maximum Gasteiger partial charge on any atom is 0.120 e. The zero-order chi connectivity index (χ0) is 18.7. The first-order valence-electron chi connectivity index (χ1n) is 10.3. The van der Waals surface area contributed by atoms with E-state index in [-0.39, 0.29) is 0 Å². The van der Waals surface area contributed by atoms with Crippen molar-refractivity contribution in [1.82, 2.24) is 0 Å². The van der Waals surface area contributed by atoms with Gasteiger partial charge < -0.3 is 14.9 Å². The van der Waals surface area contributed by atoms with Gasteiger partial charge in [-0.15, -0.1) is 0 Å². The van der Waals surface area contributed by atoms with E-state index < -0.39 is 23.4 Å². The average Bonchev–Trinajstić information content (AvgIpc) is 2.73. The predicted octanol–water partition coefficient (Wildman–Crippen LogP) is 4.66. The number of rotatable bonds is 4. The van der Waals surface area contributed by atoms with Gasteiger partial charge in [-0.1, -0.05) is 86.3 Å². The van der Waals surface area contributed by atoms with Crippen LogP contribution in [0.3, 0.4) is 0 Å². The molecule has 0 spiro atoms. The van der Waals surface area contributed by atoms with Gasteiger partial charge >= 0.3 is 0 Å². The number of ether oxygens (including phenoxy) is 1. The Hall–Kier alpha value is -1.68. The van der Waals surface area contributed by atoms with E-state index in [2.05, 4.69) is 24.3 Å². The Bertz CT molecular complexity index is 668. The van der Waals surface area contributed by atoms with Crippen LogP contribution in [0.15, 0.2) is 60.7 Å². The third-order valence-electron chi connectivity index (χ3n) is 6.52. The summed E-state index contributed by atoms with van der Waals surface area (Å²) in [6.45, 7) is 0. The summed E-state index contributed by atoms with van der Waals surface area (Å²) < 4.78 is 7.00. The van der Waals surface area contributed by atoms with E-state index in [1.54, 1.807) is 0 Å². The molecule has 4 atom stereocenters. The highest BCUT2D eigenvalue weighted by Crippen LogP contribution is 2.50. The number of aliphatic hydroxyl groups excluding tert-OH is 2. The van der Waals surface area contributed by atoms with E-state index >= 15 is 0 Å². The fraction of sp³-hybridized carbons (Fsp3) is 0.500. The zero-order valence-corrected chi connectivity index (χ0v) is 15.9. The smallest absolute Gasteiger partial charge is 0.120 e. The van der Waals surface area contributed by atoms with Crippen molar-refractivity contribution in [1.29, 1.82) is 0 Å². The predicted molar refractivity (Wildman–Crippen MR) is 106 cm³/mol. The highest BCUT2D eigenvalue weighted by Gasteiger charge is 2.52. The van der Waals surface area contributed by atoms with Crippen molar-refractivity contribution in [3.05, 3.63) is 71.8 Å². The van der Waals surface area contributed by atoms with Gasteiger partial charge in [0.1, 0.15) is 11.2 Å². The molecule has 4 unspecified atom stereocenters. The molecule has 2 aromatic carbocycles. The van der Waals surface area contributed by atoms with Gasteiger partial charge in [0, 0.05) is 0 Å². The molecule has 0 bridgehead atoms. The SMILES string of the molecule is OC1CCCCC1(OC1(c2ccccc2)CCCCC1O)c1ccccc1. The van der Waals surface area contributed by atoms with E-state index in [0.29, 0.717) is 0 Å². The Kier molecular flexibility index (Phi) is 5.36. The number of hydrogen-bond donors (Lipinski definition) is 2. The summed E-state index contributed by atoms with van der Waals surface area (Å²) in [6, 6.07) is 20.3. The fourth-order valence-electron chi connectivity index (χ4n) is 5.05. The molecule has 2 fully saturated rings. The Balaban J connectivity index is 1.82. The highest BCUT2D eigenvalue weighted by molar-refractivity contribution is 5.29. The highest BCUT2D eigenvalue weighted by atomic mass is 16.5. The lowest BCUT2D eigenvalue weighted by Gasteiger charge is -2.51. The van der Waals surface area contributed by atoms with E-state index in [4.69, 9.17) is 4.74 Å². The number of hydrogen-bond acceptors (Lipinski definition) is 3. The van der Waals surface area contributed by atoms with Crippen molar-refractivity contribution in [2.45, 2.75) is 74.8 Å². The maximum atomic E-state index is 11.1. The molecule has 2 aliphatic carbocycles. The molecule has 0 aliphatic heterocycles. The molecule has 2 aliphatic rings. The molecule has 144 valence electrons. The van der Waals surface area contributed by atoms with Crippen molar-refractivity contribution in [3.8, 4) is 0 Å². The van der Waals surface area contributed by atoms with Crippen LogP contribution >= 0.6 is 0 Å². The molecule has 0 heterocycles. The molecular formula is C24H30O3. The lowest BCUT2D eigenvalue weighted by molar-refractivity contribution is -0.264. The van der Waals surface area contributed by atoms with Gasteiger partial charge in [-0.25, -0.2) is 0 Å². The molecule has 0 amide bonds.